The van der Waals surface area contributed by atoms with Gasteiger partial charge in [-0.25, -0.2) is 13.2 Å². The van der Waals surface area contributed by atoms with Gasteiger partial charge in [0.15, 0.2) is 0 Å². The summed E-state index contributed by atoms with van der Waals surface area (Å²) in [6.07, 6.45) is 0.497. The summed E-state index contributed by atoms with van der Waals surface area (Å²) in [4.78, 5) is 11.9. The number of ether oxygens (including phenoxy) is 2. The average molecular weight is 527 g/mol. The normalized spacial score (nSPS) is 20.7. The lowest BCUT2D eigenvalue weighted by atomic mass is 9.81. The maximum atomic E-state index is 13.3. The Balaban J connectivity index is 1.48. The van der Waals surface area contributed by atoms with Crippen molar-refractivity contribution >= 4 is 39.0 Å². The van der Waals surface area contributed by atoms with E-state index >= 15 is 0 Å². The molecule has 0 amide bonds. The maximum Gasteiger partial charge on any atom is 0.337 e. The minimum absolute atomic E-state index is 0.0724. The highest BCUT2D eigenvalue weighted by Gasteiger charge is 2.43. The number of halogens is 1. The minimum atomic E-state index is -3.87. The summed E-state index contributed by atoms with van der Waals surface area (Å²) >= 11 is 6.66. The summed E-state index contributed by atoms with van der Waals surface area (Å²) in [7, 11) is -2.52. The number of fused-ring (bicyclic) bond motifs is 3. The second-order valence-electron chi connectivity index (χ2n) is 9.25. The number of aryl methyl sites for hydroxylation is 2. The fourth-order valence-corrected chi connectivity index (χ4v) is 6.41. The van der Waals surface area contributed by atoms with E-state index in [-0.39, 0.29) is 23.0 Å². The lowest BCUT2D eigenvalue weighted by Gasteiger charge is -2.37. The predicted octanol–water partition coefficient (Wildman–Crippen LogP) is 5.79. The first-order valence-electron chi connectivity index (χ1n) is 11.7. The van der Waals surface area contributed by atoms with Gasteiger partial charge in [-0.05, 0) is 73.4 Å². The largest absolute Gasteiger partial charge is 0.465 e. The molecule has 0 spiro atoms. The molecule has 9 heteroatoms. The Labute approximate surface area is 215 Å². The smallest absolute Gasteiger partial charge is 0.337 e. The number of sulfonamides is 1. The van der Waals surface area contributed by atoms with E-state index in [0.29, 0.717) is 28.6 Å². The summed E-state index contributed by atoms with van der Waals surface area (Å²) in [5.41, 5.74) is 5.42. The third kappa shape index (κ3) is 4.45. The highest BCUT2D eigenvalue weighted by molar-refractivity contribution is 7.92. The molecule has 0 radical (unpaired) electrons. The van der Waals surface area contributed by atoms with E-state index in [1.165, 1.54) is 13.2 Å². The van der Waals surface area contributed by atoms with Crippen molar-refractivity contribution in [3.8, 4) is 0 Å². The Morgan fingerprint density at radius 1 is 1.08 bits per heavy atom. The van der Waals surface area contributed by atoms with Crippen LogP contribution in [0.15, 0.2) is 59.5 Å². The summed E-state index contributed by atoms with van der Waals surface area (Å²) < 4.78 is 40.1. The van der Waals surface area contributed by atoms with Crippen molar-refractivity contribution in [1.29, 1.82) is 0 Å². The van der Waals surface area contributed by atoms with Crippen LogP contribution in [0.4, 0.5) is 11.4 Å². The summed E-state index contributed by atoms with van der Waals surface area (Å²) in [5.74, 6) is -0.319. The van der Waals surface area contributed by atoms with Gasteiger partial charge in [0.2, 0.25) is 0 Å². The van der Waals surface area contributed by atoms with Gasteiger partial charge in [-0.1, -0.05) is 29.8 Å². The van der Waals surface area contributed by atoms with Gasteiger partial charge in [0.1, 0.15) is 0 Å². The molecule has 2 N–H and O–H groups in total. The van der Waals surface area contributed by atoms with Crippen LogP contribution in [0, 0.1) is 19.8 Å². The quantitative estimate of drug-likeness (QED) is 0.409. The number of benzene rings is 3. The number of carbonyl (C=O) groups excluding carboxylic acids is 1. The van der Waals surface area contributed by atoms with E-state index in [4.69, 9.17) is 21.1 Å². The number of nitrogens with one attached hydrogen (secondary N) is 2. The second kappa shape index (κ2) is 9.42. The highest BCUT2D eigenvalue weighted by atomic mass is 35.5. The van der Waals surface area contributed by atoms with Gasteiger partial charge in [-0.2, -0.15) is 0 Å². The molecule has 36 heavy (non-hydrogen) atoms. The Morgan fingerprint density at radius 3 is 2.53 bits per heavy atom. The van der Waals surface area contributed by atoms with Crippen molar-refractivity contribution in [2.45, 2.75) is 37.3 Å². The van der Waals surface area contributed by atoms with Crippen molar-refractivity contribution in [2.75, 3.05) is 23.8 Å². The van der Waals surface area contributed by atoms with Crippen LogP contribution >= 0.6 is 11.6 Å². The number of anilines is 2. The molecule has 2 heterocycles. The van der Waals surface area contributed by atoms with Crippen molar-refractivity contribution in [1.82, 2.24) is 0 Å². The molecule has 2 aliphatic heterocycles. The number of hydrogen-bond acceptors (Lipinski definition) is 6. The number of methoxy groups -OCH3 is 1. The average Bonchev–Trinajstić information content (AvgIpc) is 3.36. The third-order valence-corrected chi connectivity index (χ3v) is 8.69. The first-order chi connectivity index (χ1) is 17.2. The van der Waals surface area contributed by atoms with Crippen LogP contribution in [0.25, 0.3) is 0 Å². The van der Waals surface area contributed by atoms with E-state index in [2.05, 4.69) is 10.0 Å². The van der Waals surface area contributed by atoms with Gasteiger partial charge in [-0.15, -0.1) is 0 Å². The first kappa shape index (κ1) is 24.6. The molecule has 0 bridgehead atoms. The van der Waals surface area contributed by atoms with Crippen molar-refractivity contribution in [2.24, 2.45) is 5.92 Å². The molecule has 2 aliphatic rings. The summed E-state index contributed by atoms with van der Waals surface area (Å²) in [5, 5.41) is 3.82. The van der Waals surface area contributed by atoms with Crippen LogP contribution in [0.5, 0.6) is 0 Å². The molecule has 0 aliphatic carbocycles. The van der Waals surface area contributed by atoms with Gasteiger partial charge in [-0.3, -0.25) is 4.72 Å². The number of rotatable bonds is 5. The molecule has 3 aromatic rings. The van der Waals surface area contributed by atoms with Crippen LogP contribution in [0.2, 0.25) is 5.02 Å². The lowest BCUT2D eigenvalue weighted by molar-refractivity contribution is 0.0600. The molecular formula is C27H27ClN2O5S. The molecule has 3 unspecified atom stereocenters. The Kier molecular flexibility index (Phi) is 6.44. The molecule has 1 saturated heterocycles. The summed E-state index contributed by atoms with van der Waals surface area (Å²) in [6.45, 7) is 4.47. The zero-order valence-corrected chi connectivity index (χ0v) is 21.7. The molecule has 7 nitrogen and oxygen atoms in total. The molecule has 1 fully saturated rings. The van der Waals surface area contributed by atoms with Crippen LogP contribution in [0.3, 0.4) is 0 Å². The van der Waals surface area contributed by atoms with Crippen LogP contribution in [0.1, 0.15) is 51.2 Å². The van der Waals surface area contributed by atoms with E-state index in [9.17, 15) is 13.2 Å². The maximum absolute atomic E-state index is 13.3. The Morgan fingerprint density at radius 2 is 1.83 bits per heavy atom. The minimum Gasteiger partial charge on any atom is -0.465 e. The Bertz CT molecular complexity index is 1440. The van der Waals surface area contributed by atoms with Crippen LogP contribution in [-0.2, 0) is 19.5 Å². The fraction of sp³-hybridized carbons (Fsp3) is 0.296. The third-order valence-electron chi connectivity index (χ3n) is 7.03. The van der Waals surface area contributed by atoms with Gasteiger partial charge < -0.3 is 14.8 Å². The molecular weight excluding hydrogens is 500 g/mol. The SMILES string of the molecule is COC(=O)c1ccc(C2Nc3c(Cl)cc(S(=O)(=O)Nc4ccc(C)c(C)c4)cc3C3OCCC23)cc1. The Hall–Kier alpha value is -3.07. The first-order valence-corrected chi connectivity index (χ1v) is 13.5. The van der Waals surface area contributed by atoms with E-state index in [0.717, 1.165) is 28.7 Å². The van der Waals surface area contributed by atoms with E-state index in [1.807, 2.05) is 32.0 Å². The molecule has 3 atom stereocenters. The van der Waals surface area contributed by atoms with Gasteiger partial charge in [0.05, 0.1) is 40.4 Å². The molecule has 0 saturated carbocycles. The number of esters is 1. The lowest BCUT2D eigenvalue weighted by Crippen LogP contribution is -2.30. The zero-order chi connectivity index (χ0) is 25.6. The summed E-state index contributed by atoms with van der Waals surface area (Å²) in [6, 6.07) is 15.7. The highest BCUT2D eigenvalue weighted by Crippen LogP contribution is 2.52. The van der Waals surface area contributed by atoms with E-state index in [1.54, 1.807) is 30.3 Å². The topological polar surface area (TPSA) is 93.7 Å². The van der Waals surface area contributed by atoms with Gasteiger partial charge in [0, 0.05) is 23.8 Å². The molecule has 3 aromatic carbocycles. The van der Waals surface area contributed by atoms with E-state index < -0.39 is 16.0 Å². The predicted molar refractivity (Wildman–Crippen MR) is 139 cm³/mol. The molecule has 188 valence electrons. The second-order valence-corrected chi connectivity index (χ2v) is 11.3. The van der Waals surface area contributed by atoms with Gasteiger partial charge >= 0.3 is 5.97 Å². The molecule has 5 rings (SSSR count). The monoisotopic (exact) mass is 526 g/mol. The van der Waals surface area contributed by atoms with Gasteiger partial charge in [0.25, 0.3) is 10.0 Å². The molecule has 0 aromatic heterocycles. The van der Waals surface area contributed by atoms with Crippen LogP contribution < -0.4 is 10.0 Å². The zero-order valence-electron chi connectivity index (χ0n) is 20.2. The number of hydrogen-bond donors (Lipinski definition) is 2. The van der Waals surface area contributed by atoms with Crippen molar-refractivity contribution in [3.05, 3.63) is 87.4 Å². The van der Waals surface area contributed by atoms with Crippen molar-refractivity contribution in [3.63, 3.8) is 0 Å². The standard InChI is InChI=1S/C27H27ClN2O5S/c1-15-4-9-19(12-16(15)2)30-36(32,33)20-13-22-25(23(28)14-20)29-24(21-10-11-35-26(21)22)17-5-7-18(8-6-17)27(31)34-3/h4-9,12-14,21,24,26,29-30H,10-11H2,1-3H3. The van der Waals surface area contributed by atoms with Crippen molar-refractivity contribution < 1.29 is 22.7 Å². The fourth-order valence-electron chi connectivity index (χ4n) is 4.96. The number of carbonyl (C=O) groups is 1. The van der Waals surface area contributed by atoms with Crippen LogP contribution in [-0.4, -0.2) is 28.1 Å².